The van der Waals surface area contributed by atoms with Crippen LogP contribution in [0.1, 0.15) is 5.56 Å². The molecule has 40 heavy (non-hydrogen) atoms. The second kappa shape index (κ2) is 9.63. The topological polar surface area (TPSA) is 82.3 Å². The number of hydrogen-bond acceptors (Lipinski definition) is 4. The minimum absolute atomic E-state index is 0.276. The number of aromatic amines is 2. The molecule has 3 aromatic carbocycles. The van der Waals surface area contributed by atoms with Gasteiger partial charge in [0.2, 0.25) is 0 Å². The molecule has 0 amide bonds. The molecule has 3 N–H and O–H groups in total. The van der Waals surface area contributed by atoms with Gasteiger partial charge in [-0.1, -0.05) is 43.0 Å². The van der Waals surface area contributed by atoms with Crippen LogP contribution < -0.4 is 5.32 Å². The number of pyridine rings is 2. The molecule has 0 bridgehead atoms. The number of fused-ring (bicyclic) bond motifs is 2. The summed E-state index contributed by atoms with van der Waals surface area (Å²) in [5, 5.41) is 13.1. The van der Waals surface area contributed by atoms with E-state index in [0.29, 0.717) is 0 Å². The fraction of sp³-hybridized carbons (Fsp3) is 0. The zero-order valence-electron chi connectivity index (χ0n) is 21.3. The average Bonchev–Trinajstić information content (AvgIpc) is 3.62. The van der Waals surface area contributed by atoms with Crippen molar-refractivity contribution < 1.29 is 4.39 Å². The number of benzene rings is 3. The van der Waals surface area contributed by atoms with Gasteiger partial charge in [-0.3, -0.25) is 15.1 Å². The van der Waals surface area contributed by atoms with E-state index in [2.05, 4.69) is 55.2 Å². The summed E-state index contributed by atoms with van der Waals surface area (Å²) in [6.07, 6.45) is 5.39. The van der Waals surface area contributed by atoms with Crippen molar-refractivity contribution in [3.63, 3.8) is 0 Å². The summed E-state index contributed by atoms with van der Waals surface area (Å²) in [7, 11) is 0. The van der Waals surface area contributed by atoms with Crippen molar-refractivity contribution in [3.8, 4) is 33.8 Å². The van der Waals surface area contributed by atoms with Gasteiger partial charge < -0.3 is 10.3 Å². The summed E-state index contributed by atoms with van der Waals surface area (Å²) in [5.74, 6) is -0.276. The SMILES string of the molecule is C=C(Nc1cncc(-c2ccc3[nH]nc(-c4cc5c(-c6ccc(F)cc6)nccc5[nH]4)c3c2)c1)c1ccccc1. The third-order valence-corrected chi connectivity index (χ3v) is 6.97. The Kier molecular flexibility index (Phi) is 5.67. The Morgan fingerprint density at radius 2 is 1.55 bits per heavy atom. The zero-order chi connectivity index (χ0) is 27.1. The number of aromatic nitrogens is 5. The van der Waals surface area contributed by atoms with Crippen molar-refractivity contribution in [3.05, 3.63) is 128 Å². The van der Waals surface area contributed by atoms with Crippen LogP contribution in [0.25, 0.3) is 61.3 Å². The van der Waals surface area contributed by atoms with Crippen molar-refractivity contribution in [1.29, 1.82) is 0 Å². The molecule has 0 aliphatic rings. The minimum atomic E-state index is -0.276. The fourth-order valence-electron chi connectivity index (χ4n) is 4.97. The lowest BCUT2D eigenvalue weighted by Crippen LogP contribution is -1.98. The Morgan fingerprint density at radius 3 is 2.40 bits per heavy atom. The number of nitrogens with one attached hydrogen (secondary N) is 3. The van der Waals surface area contributed by atoms with Crippen molar-refractivity contribution in [2.75, 3.05) is 5.32 Å². The Balaban J connectivity index is 1.25. The van der Waals surface area contributed by atoms with Crippen molar-refractivity contribution >= 4 is 33.2 Å². The summed E-state index contributed by atoms with van der Waals surface area (Å²) in [6, 6.07) is 28.6. The van der Waals surface area contributed by atoms with E-state index in [4.69, 9.17) is 0 Å². The van der Waals surface area contributed by atoms with E-state index in [-0.39, 0.29) is 5.82 Å². The van der Waals surface area contributed by atoms with E-state index in [1.807, 2.05) is 54.7 Å². The molecule has 7 heteroatoms. The highest BCUT2D eigenvalue weighted by Gasteiger charge is 2.15. The number of H-pyrrole nitrogens is 2. The lowest BCUT2D eigenvalue weighted by Gasteiger charge is -2.11. The smallest absolute Gasteiger partial charge is 0.123 e. The summed E-state index contributed by atoms with van der Waals surface area (Å²) in [4.78, 5) is 12.5. The Bertz CT molecular complexity index is 2000. The molecule has 0 spiro atoms. The van der Waals surface area contributed by atoms with Crippen LogP contribution in [0.15, 0.2) is 116 Å². The number of halogens is 1. The Morgan fingerprint density at radius 1 is 0.750 bits per heavy atom. The lowest BCUT2D eigenvalue weighted by molar-refractivity contribution is 0.628. The van der Waals surface area contributed by atoms with E-state index in [1.54, 1.807) is 24.5 Å². The van der Waals surface area contributed by atoms with Crippen molar-refractivity contribution in [2.24, 2.45) is 0 Å². The van der Waals surface area contributed by atoms with Crippen LogP contribution in [0.4, 0.5) is 10.1 Å². The first-order chi connectivity index (χ1) is 19.6. The Hall–Kier alpha value is -5.56. The fourth-order valence-corrected chi connectivity index (χ4v) is 4.97. The molecule has 0 radical (unpaired) electrons. The van der Waals surface area contributed by atoms with E-state index < -0.39 is 0 Å². The van der Waals surface area contributed by atoms with E-state index in [9.17, 15) is 4.39 Å². The van der Waals surface area contributed by atoms with Crippen molar-refractivity contribution in [1.82, 2.24) is 25.1 Å². The molecular weight excluding hydrogens is 499 g/mol. The van der Waals surface area contributed by atoms with Crippen LogP contribution in [0.5, 0.6) is 0 Å². The summed E-state index contributed by atoms with van der Waals surface area (Å²) >= 11 is 0. The predicted molar refractivity (Wildman–Crippen MR) is 159 cm³/mol. The van der Waals surface area contributed by atoms with Gasteiger partial charge in [0, 0.05) is 45.5 Å². The molecule has 4 heterocycles. The lowest BCUT2D eigenvalue weighted by atomic mass is 10.0. The molecule has 0 atom stereocenters. The third kappa shape index (κ3) is 4.29. The molecule has 0 saturated carbocycles. The number of anilines is 1. The molecule has 192 valence electrons. The number of rotatable bonds is 6. The molecule has 7 aromatic rings. The molecule has 6 nitrogen and oxygen atoms in total. The van der Waals surface area contributed by atoms with Crippen LogP contribution in [0, 0.1) is 5.82 Å². The van der Waals surface area contributed by atoms with E-state index >= 15 is 0 Å². The van der Waals surface area contributed by atoms with Gasteiger partial charge >= 0.3 is 0 Å². The van der Waals surface area contributed by atoms with Gasteiger partial charge in [-0.25, -0.2) is 4.39 Å². The van der Waals surface area contributed by atoms with Gasteiger partial charge in [-0.2, -0.15) is 5.10 Å². The first-order valence-electron chi connectivity index (χ1n) is 12.8. The average molecular weight is 523 g/mol. The van der Waals surface area contributed by atoms with Gasteiger partial charge in [-0.15, -0.1) is 0 Å². The molecule has 7 rings (SSSR count). The van der Waals surface area contributed by atoms with E-state index in [0.717, 1.165) is 72.5 Å². The third-order valence-electron chi connectivity index (χ3n) is 6.97. The largest absolute Gasteiger partial charge is 0.354 e. The van der Waals surface area contributed by atoms with Gasteiger partial charge in [0.1, 0.15) is 11.5 Å². The zero-order valence-corrected chi connectivity index (χ0v) is 21.3. The second-order valence-corrected chi connectivity index (χ2v) is 9.58. The summed E-state index contributed by atoms with van der Waals surface area (Å²) < 4.78 is 13.5. The number of hydrogen-bond donors (Lipinski definition) is 3. The molecule has 0 aliphatic carbocycles. The normalized spacial score (nSPS) is 11.2. The molecule has 0 unspecified atom stereocenters. The van der Waals surface area contributed by atoms with E-state index in [1.165, 1.54) is 12.1 Å². The monoisotopic (exact) mass is 522 g/mol. The molecule has 0 saturated heterocycles. The molecular formula is C33H23FN6. The first-order valence-corrected chi connectivity index (χ1v) is 12.8. The standard InChI is InChI=1S/C33H23FN6/c1-20(21-5-3-2-4-6-21)37-26-15-24(18-35-19-26)23-9-12-30-27(16-23)33(40-39-30)31-17-28-29(38-31)13-14-36-32(28)22-7-10-25(34)11-8-22/h2-19,37-38H,1H2,(H,39,40). The molecule has 4 aromatic heterocycles. The highest BCUT2D eigenvalue weighted by molar-refractivity contribution is 6.01. The van der Waals surface area contributed by atoms with Crippen LogP contribution >= 0.6 is 0 Å². The number of nitrogens with zero attached hydrogens (tertiary/aromatic N) is 3. The quantitative estimate of drug-likeness (QED) is 0.206. The van der Waals surface area contributed by atoms with Gasteiger partial charge in [-0.05, 0) is 65.7 Å². The molecule has 0 fully saturated rings. The van der Waals surface area contributed by atoms with Crippen LogP contribution in [0.3, 0.4) is 0 Å². The van der Waals surface area contributed by atoms with Crippen LogP contribution in [0.2, 0.25) is 0 Å². The summed E-state index contributed by atoms with van der Waals surface area (Å²) in [6.45, 7) is 4.17. The molecule has 0 aliphatic heterocycles. The van der Waals surface area contributed by atoms with Gasteiger partial charge in [0.05, 0.1) is 28.8 Å². The maximum atomic E-state index is 13.5. The van der Waals surface area contributed by atoms with Gasteiger partial charge in [0.25, 0.3) is 0 Å². The maximum absolute atomic E-state index is 13.5. The second-order valence-electron chi connectivity index (χ2n) is 9.58. The highest BCUT2D eigenvalue weighted by atomic mass is 19.1. The maximum Gasteiger partial charge on any atom is 0.123 e. The summed E-state index contributed by atoms with van der Waals surface area (Å²) in [5.41, 5.74) is 9.83. The van der Waals surface area contributed by atoms with Crippen molar-refractivity contribution in [2.45, 2.75) is 0 Å². The predicted octanol–water partition coefficient (Wildman–Crippen LogP) is 8.06. The van der Waals surface area contributed by atoms with Crippen LogP contribution in [-0.2, 0) is 0 Å². The highest BCUT2D eigenvalue weighted by Crippen LogP contribution is 2.35. The first kappa shape index (κ1) is 23.5. The van der Waals surface area contributed by atoms with Crippen LogP contribution in [-0.4, -0.2) is 25.1 Å². The van der Waals surface area contributed by atoms with Gasteiger partial charge in [0.15, 0.2) is 0 Å². The Labute approximate surface area is 229 Å². The minimum Gasteiger partial charge on any atom is -0.354 e.